The van der Waals surface area contributed by atoms with Gasteiger partial charge in [-0.1, -0.05) is 0 Å². The Hall–Kier alpha value is -0.420. The smallest absolute Gasteiger partial charge is 0.324 e. The Morgan fingerprint density at radius 3 is 2.11 bits per heavy atom. The van der Waals surface area contributed by atoms with Crippen LogP contribution >= 0.6 is 7.60 Å². The van der Waals surface area contributed by atoms with Gasteiger partial charge in [0.2, 0.25) is 0 Å². The fraction of sp³-hybridized carbons (Fsp3) is 0.500. The highest BCUT2D eigenvalue weighted by Gasteiger charge is 2.17. The van der Waals surface area contributed by atoms with Crippen molar-refractivity contribution in [2.75, 3.05) is 6.16 Å². The summed E-state index contributed by atoms with van der Waals surface area (Å²) in [6.07, 6.45) is -0.983. The molecule has 0 spiro atoms. The molecule has 0 saturated heterocycles. The minimum atomic E-state index is -4.31. The lowest BCUT2D eigenvalue weighted by molar-refractivity contribution is -0.126. The van der Waals surface area contributed by atoms with Crippen LogP contribution in [0, 0.1) is 0 Å². The van der Waals surface area contributed by atoms with Crippen molar-refractivity contribution in [2.45, 2.75) is 0 Å². The first-order valence-electron chi connectivity index (χ1n) is 1.93. The average molecular weight is 155 g/mol. The van der Waals surface area contributed by atoms with E-state index < -0.39 is 19.7 Å². The molecule has 54 valence electrons. The molecule has 0 aliphatic carbocycles. The van der Waals surface area contributed by atoms with E-state index in [-0.39, 0.29) is 0 Å². The first-order chi connectivity index (χ1) is 3.95. The Bertz CT molecular complexity index is 149. The molecule has 0 aliphatic rings. The van der Waals surface area contributed by atoms with E-state index in [1.54, 1.807) is 0 Å². The van der Waals surface area contributed by atoms with Gasteiger partial charge in [-0.05, 0) is 0 Å². The zero-order chi connectivity index (χ0) is 7.49. The molecular formula is C2H6NO5P. The van der Waals surface area contributed by atoms with Gasteiger partial charge in [0, 0.05) is 0 Å². The second-order valence-electron chi connectivity index (χ2n) is 1.36. The molecule has 4 N–H and O–H groups in total. The monoisotopic (exact) mass is 155 g/mol. The molecule has 0 fully saturated rings. The standard InChI is InChI=1S/C2H6NO5P/c4-2(3-5)1-9(6,7)8/h5H,1H2,(H,3,4)(H2,6,7,8). The van der Waals surface area contributed by atoms with Gasteiger partial charge in [0.15, 0.2) is 0 Å². The molecule has 0 aromatic rings. The summed E-state index contributed by atoms with van der Waals surface area (Å²) in [5, 5.41) is 7.76. The molecular weight excluding hydrogens is 149 g/mol. The predicted octanol–water partition coefficient (Wildman–Crippen LogP) is -1.33. The lowest BCUT2D eigenvalue weighted by Gasteiger charge is -1.99. The van der Waals surface area contributed by atoms with Gasteiger partial charge >= 0.3 is 7.60 Å². The van der Waals surface area contributed by atoms with Crippen LogP contribution in [0.4, 0.5) is 0 Å². The average Bonchev–Trinajstić information content (AvgIpc) is 1.62. The fourth-order valence-electron chi connectivity index (χ4n) is 0.222. The summed E-state index contributed by atoms with van der Waals surface area (Å²) in [6.45, 7) is 0. The van der Waals surface area contributed by atoms with Gasteiger partial charge in [0.25, 0.3) is 5.91 Å². The topological polar surface area (TPSA) is 107 Å². The van der Waals surface area contributed by atoms with Crippen LogP contribution in [-0.4, -0.2) is 27.1 Å². The van der Waals surface area contributed by atoms with Gasteiger partial charge in [-0.15, -0.1) is 0 Å². The summed E-state index contributed by atoms with van der Waals surface area (Å²) in [5.41, 5.74) is 1.09. The number of hydrogen-bond donors (Lipinski definition) is 4. The molecule has 0 aliphatic heterocycles. The summed E-state index contributed by atoms with van der Waals surface area (Å²) in [6, 6.07) is 0. The lowest BCUT2D eigenvalue weighted by atomic mass is 10.8. The number of carbonyl (C=O) groups is 1. The van der Waals surface area contributed by atoms with Crippen LogP contribution in [0.15, 0.2) is 0 Å². The molecule has 7 heteroatoms. The summed E-state index contributed by atoms with van der Waals surface area (Å²) in [5.74, 6) is -1.09. The van der Waals surface area contributed by atoms with Crippen molar-refractivity contribution in [3.63, 3.8) is 0 Å². The molecule has 0 heterocycles. The van der Waals surface area contributed by atoms with E-state index >= 15 is 0 Å². The zero-order valence-electron chi connectivity index (χ0n) is 4.31. The van der Waals surface area contributed by atoms with Crippen molar-refractivity contribution in [1.29, 1.82) is 0 Å². The third-order valence-corrected chi connectivity index (χ3v) is 1.17. The van der Waals surface area contributed by atoms with Crippen LogP contribution < -0.4 is 5.48 Å². The van der Waals surface area contributed by atoms with Crippen molar-refractivity contribution < 1.29 is 24.4 Å². The predicted molar refractivity (Wildman–Crippen MR) is 26.8 cm³/mol. The second-order valence-corrected chi connectivity index (χ2v) is 3.00. The number of hydrogen-bond acceptors (Lipinski definition) is 3. The number of hydroxylamine groups is 1. The van der Waals surface area contributed by atoms with Gasteiger partial charge in [0.1, 0.15) is 6.16 Å². The Morgan fingerprint density at radius 1 is 1.56 bits per heavy atom. The maximum Gasteiger partial charge on any atom is 0.334 e. The minimum absolute atomic E-state index is 0.983. The molecule has 1 amide bonds. The third kappa shape index (κ3) is 5.45. The van der Waals surface area contributed by atoms with Gasteiger partial charge < -0.3 is 9.79 Å². The number of rotatable bonds is 2. The second kappa shape index (κ2) is 2.93. The van der Waals surface area contributed by atoms with Crippen molar-refractivity contribution in [3.05, 3.63) is 0 Å². The molecule has 0 bridgehead atoms. The van der Waals surface area contributed by atoms with E-state index in [9.17, 15) is 9.36 Å². The van der Waals surface area contributed by atoms with E-state index in [0.29, 0.717) is 0 Å². The SMILES string of the molecule is O=C(CP(=O)(O)O)NO. The van der Waals surface area contributed by atoms with Gasteiger partial charge in [-0.25, -0.2) is 5.48 Å². The minimum Gasteiger partial charge on any atom is -0.324 e. The van der Waals surface area contributed by atoms with E-state index in [1.807, 2.05) is 0 Å². The third-order valence-electron chi connectivity index (χ3n) is 0.474. The zero-order valence-corrected chi connectivity index (χ0v) is 5.21. The summed E-state index contributed by atoms with van der Waals surface area (Å²) in [4.78, 5) is 26.1. The van der Waals surface area contributed by atoms with Crippen molar-refractivity contribution in [1.82, 2.24) is 5.48 Å². The molecule has 9 heavy (non-hydrogen) atoms. The number of carbonyl (C=O) groups excluding carboxylic acids is 1. The first-order valence-corrected chi connectivity index (χ1v) is 3.73. The normalized spacial score (nSPS) is 11.0. The van der Waals surface area contributed by atoms with Crippen LogP contribution in [0.5, 0.6) is 0 Å². The van der Waals surface area contributed by atoms with E-state index in [1.165, 1.54) is 0 Å². The highest BCUT2D eigenvalue weighted by atomic mass is 31.2. The Kier molecular flexibility index (Phi) is 2.80. The Balaban J connectivity index is 3.75. The summed E-state index contributed by atoms with van der Waals surface area (Å²) >= 11 is 0. The molecule has 0 unspecified atom stereocenters. The Labute approximate surface area is 50.6 Å². The van der Waals surface area contributed by atoms with Crippen LogP contribution in [0.3, 0.4) is 0 Å². The fourth-order valence-corrected chi connectivity index (χ4v) is 0.667. The highest BCUT2D eigenvalue weighted by Crippen LogP contribution is 2.33. The summed E-state index contributed by atoms with van der Waals surface area (Å²) < 4.78 is 9.92. The van der Waals surface area contributed by atoms with E-state index in [4.69, 9.17) is 15.0 Å². The molecule has 0 aromatic heterocycles. The van der Waals surface area contributed by atoms with Crippen LogP contribution in [-0.2, 0) is 9.36 Å². The van der Waals surface area contributed by atoms with E-state index in [0.717, 1.165) is 5.48 Å². The van der Waals surface area contributed by atoms with Crippen molar-refractivity contribution in [3.8, 4) is 0 Å². The van der Waals surface area contributed by atoms with Gasteiger partial charge in [-0.3, -0.25) is 14.6 Å². The largest absolute Gasteiger partial charge is 0.334 e. The molecule has 0 radical (unpaired) electrons. The molecule has 0 saturated carbocycles. The lowest BCUT2D eigenvalue weighted by Crippen LogP contribution is -2.22. The maximum atomic E-state index is 9.97. The van der Waals surface area contributed by atoms with Crippen LogP contribution in [0.2, 0.25) is 0 Å². The number of amides is 1. The summed E-state index contributed by atoms with van der Waals surface area (Å²) in [7, 11) is -4.31. The van der Waals surface area contributed by atoms with Crippen molar-refractivity contribution >= 4 is 13.5 Å². The van der Waals surface area contributed by atoms with Crippen molar-refractivity contribution in [2.24, 2.45) is 0 Å². The van der Waals surface area contributed by atoms with Gasteiger partial charge in [0.05, 0.1) is 0 Å². The highest BCUT2D eigenvalue weighted by molar-refractivity contribution is 7.52. The van der Waals surface area contributed by atoms with E-state index in [2.05, 4.69) is 0 Å². The van der Waals surface area contributed by atoms with Crippen LogP contribution in [0.1, 0.15) is 0 Å². The Morgan fingerprint density at radius 2 is 2.00 bits per heavy atom. The quantitative estimate of drug-likeness (QED) is 0.224. The van der Waals surface area contributed by atoms with Crippen LogP contribution in [0.25, 0.3) is 0 Å². The molecule has 0 atom stereocenters. The maximum absolute atomic E-state index is 9.97. The number of nitrogens with one attached hydrogen (secondary N) is 1. The van der Waals surface area contributed by atoms with Gasteiger partial charge in [-0.2, -0.15) is 0 Å². The first kappa shape index (κ1) is 8.58. The molecule has 0 aromatic carbocycles. The molecule has 6 nitrogen and oxygen atoms in total. The molecule has 0 rings (SSSR count).